The Morgan fingerprint density at radius 3 is 1.90 bits per heavy atom. The maximum absolute atomic E-state index is 12.1. The lowest BCUT2D eigenvalue weighted by Gasteiger charge is -2.15. The van der Waals surface area contributed by atoms with E-state index in [0.717, 1.165) is 6.21 Å². The van der Waals surface area contributed by atoms with Gasteiger partial charge in [0.2, 0.25) is 0 Å². The van der Waals surface area contributed by atoms with Gasteiger partial charge >= 0.3 is 0 Å². The molecule has 2 rings (SSSR count). The standard InChI is InChI=1S/C20H22N4O5/c25-13-18(27)17(26)11-16(22-24-20(29)15-9-5-2-6-10-15)12-21-23-19(28)14-7-3-1-4-8-14/h1-10,12,17-18,25-27H,11,13H2,(H,23,28)(H,24,29)/b21-12+,22-16+. The summed E-state index contributed by atoms with van der Waals surface area (Å²) in [6, 6.07) is 16.8. The van der Waals surface area contributed by atoms with Gasteiger partial charge in [0.1, 0.15) is 6.10 Å². The fourth-order valence-electron chi connectivity index (χ4n) is 2.20. The monoisotopic (exact) mass is 398 g/mol. The zero-order valence-corrected chi connectivity index (χ0v) is 15.5. The maximum atomic E-state index is 12.1. The van der Waals surface area contributed by atoms with E-state index in [9.17, 15) is 19.8 Å². The lowest BCUT2D eigenvalue weighted by Crippen LogP contribution is -2.33. The number of carbonyl (C=O) groups excluding carboxylic acids is 2. The summed E-state index contributed by atoms with van der Waals surface area (Å²) in [6.07, 6.45) is -1.82. The molecule has 0 radical (unpaired) electrons. The first-order chi connectivity index (χ1) is 14.0. The zero-order chi connectivity index (χ0) is 21.1. The van der Waals surface area contributed by atoms with Crippen molar-refractivity contribution in [3.8, 4) is 0 Å². The van der Waals surface area contributed by atoms with Crippen LogP contribution in [0.15, 0.2) is 70.9 Å². The van der Waals surface area contributed by atoms with E-state index in [2.05, 4.69) is 21.1 Å². The van der Waals surface area contributed by atoms with Crippen molar-refractivity contribution in [1.82, 2.24) is 10.9 Å². The molecule has 0 aliphatic carbocycles. The first-order valence-electron chi connectivity index (χ1n) is 8.78. The molecule has 2 atom stereocenters. The predicted molar refractivity (Wildman–Crippen MR) is 107 cm³/mol. The van der Waals surface area contributed by atoms with Crippen LogP contribution in [0.2, 0.25) is 0 Å². The third-order valence-electron chi connectivity index (χ3n) is 3.80. The van der Waals surface area contributed by atoms with Gasteiger partial charge in [0, 0.05) is 17.5 Å². The molecular formula is C20H22N4O5. The quantitative estimate of drug-likeness (QED) is 0.305. The van der Waals surface area contributed by atoms with Crippen LogP contribution in [0.25, 0.3) is 0 Å². The number of hydrogen-bond acceptors (Lipinski definition) is 7. The average Bonchev–Trinajstić information content (AvgIpc) is 2.77. The van der Waals surface area contributed by atoms with Crippen LogP contribution in [0, 0.1) is 0 Å². The number of hydrogen-bond donors (Lipinski definition) is 5. The summed E-state index contributed by atoms with van der Waals surface area (Å²) >= 11 is 0. The van der Waals surface area contributed by atoms with Gasteiger partial charge in [0.15, 0.2) is 0 Å². The summed E-state index contributed by atoms with van der Waals surface area (Å²) in [5.74, 6) is -0.938. The van der Waals surface area contributed by atoms with Crippen molar-refractivity contribution in [3.63, 3.8) is 0 Å². The van der Waals surface area contributed by atoms with Gasteiger partial charge in [0.05, 0.1) is 24.6 Å². The molecule has 2 aromatic rings. The van der Waals surface area contributed by atoms with Crippen molar-refractivity contribution in [1.29, 1.82) is 0 Å². The molecule has 152 valence electrons. The van der Waals surface area contributed by atoms with E-state index in [1.807, 2.05) is 0 Å². The normalized spacial score (nSPS) is 13.7. The Labute approximate surface area is 167 Å². The van der Waals surface area contributed by atoms with Crippen molar-refractivity contribution >= 4 is 23.7 Å². The molecule has 2 amide bonds. The summed E-state index contributed by atoms with van der Waals surface area (Å²) in [5.41, 5.74) is 5.48. The van der Waals surface area contributed by atoms with Crippen LogP contribution in [-0.4, -0.2) is 57.9 Å². The van der Waals surface area contributed by atoms with Gasteiger partial charge in [-0.2, -0.15) is 10.2 Å². The second-order valence-corrected chi connectivity index (χ2v) is 6.00. The van der Waals surface area contributed by atoms with Crippen LogP contribution < -0.4 is 10.9 Å². The average molecular weight is 398 g/mol. The van der Waals surface area contributed by atoms with E-state index < -0.39 is 30.6 Å². The molecular weight excluding hydrogens is 376 g/mol. The zero-order valence-electron chi connectivity index (χ0n) is 15.5. The first-order valence-corrected chi connectivity index (χ1v) is 8.78. The molecule has 0 spiro atoms. The lowest BCUT2D eigenvalue weighted by atomic mass is 10.1. The highest BCUT2D eigenvalue weighted by Gasteiger charge is 2.17. The minimum atomic E-state index is -1.39. The molecule has 2 unspecified atom stereocenters. The molecule has 9 nitrogen and oxygen atoms in total. The Balaban J connectivity index is 2.07. The third-order valence-corrected chi connectivity index (χ3v) is 3.80. The van der Waals surface area contributed by atoms with Crippen LogP contribution in [-0.2, 0) is 0 Å². The number of aliphatic hydroxyl groups is 3. The molecule has 9 heteroatoms. The Hall–Kier alpha value is -3.40. The van der Waals surface area contributed by atoms with Crippen LogP contribution in [0.1, 0.15) is 27.1 Å². The van der Waals surface area contributed by atoms with Crippen molar-refractivity contribution in [3.05, 3.63) is 71.8 Å². The smallest absolute Gasteiger partial charge is 0.271 e. The highest BCUT2D eigenvalue weighted by atomic mass is 16.4. The Bertz CT molecular complexity index is 856. The number of hydrazone groups is 2. The van der Waals surface area contributed by atoms with Crippen LogP contribution in [0.3, 0.4) is 0 Å². The Kier molecular flexibility index (Phi) is 8.64. The van der Waals surface area contributed by atoms with Gasteiger partial charge in [-0.3, -0.25) is 9.59 Å². The van der Waals surface area contributed by atoms with E-state index in [0.29, 0.717) is 11.1 Å². The highest BCUT2D eigenvalue weighted by molar-refractivity contribution is 6.31. The number of rotatable bonds is 9. The number of benzene rings is 2. The Morgan fingerprint density at radius 1 is 0.862 bits per heavy atom. The van der Waals surface area contributed by atoms with E-state index in [1.54, 1.807) is 60.7 Å². The van der Waals surface area contributed by atoms with Gasteiger partial charge in [-0.15, -0.1) is 0 Å². The molecule has 2 aromatic carbocycles. The van der Waals surface area contributed by atoms with Gasteiger partial charge in [-0.25, -0.2) is 10.9 Å². The van der Waals surface area contributed by atoms with Crippen LogP contribution >= 0.6 is 0 Å². The molecule has 5 N–H and O–H groups in total. The molecule has 0 heterocycles. The van der Waals surface area contributed by atoms with Crippen molar-refractivity contribution in [2.45, 2.75) is 18.6 Å². The minimum Gasteiger partial charge on any atom is -0.394 e. The molecule has 0 fully saturated rings. The van der Waals surface area contributed by atoms with Gasteiger partial charge < -0.3 is 15.3 Å². The second kappa shape index (κ2) is 11.4. The summed E-state index contributed by atoms with van der Waals surface area (Å²) in [5, 5.41) is 36.1. The number of nitrogens with zero attached hydrogens (tertiary/aromatic N) is 2. The largest absolute Gasteiger partial charge is 0.394 e. The summed E-state index contributed by atoms with van der Waals surface area (Å²) in [4.78, 5) is 24.1. The predicted octanol–water partition coefficient (Wildman–Crippen LogP) is 0.292. The fourth-order valence-corrected chi connectivity index (χ4v) is 2.20. The van der Waals surface area contributed by atoms with Crippen molar-refractivity contribution in [2.24, 2.45) is 10.2 Å². The topological polar surface area (TPSA) is 144 Å². The molecule has 0 saturated heterocycles. The molecule has 0 saturated carbocycles. The van der Waals surface area contributed by atoms with Gasteiger partial charge in [0.25, 0.3) is 11.8 Å². The second-order valence-electron chi connectivity index (χ2n) is 6.00. The molecule has 0 aliphatic rings. The molecule has 0 aromatic heterocycles. The van der Waals surface area contributed by atoms with Gasteiger partial charge in [-0.05, 0) is 24.3 Å². The third kappa shape index (κ3) is 7.26. The van der Waals surface area contributed by atoms with E-state index in [4.69, 9.17) is 5.11 Å². The Morgan fingerprint density at radius 2 is 1.38 bits per heavy atom. The SMILES string of the molecule is O=C(N/N=C/C(CC(O)C(O)CO)=N/NC(=O)c1ccccc1)c1ccccc1. The maximum Gasteiger partial charge on any atom is 0.271 e. The number of amides is 2. The fraction of sp³-hybridized carbons (Fsp3) is 0.200. The number of carbonyl (C=O) groups is 2. The molecule has 29 heavy (non-hydrogen) atoms. The number of nitrogens with one attached hydrogen (secondary N) is 2. The summed E-state index contributed by atoms with van der Waals surface area (Å²) < 4.78 is 0. The molecule has 0 aliphatic heterocycles. The first kappa shape index (κ1) is 21.9. The minimum absolute atomic E-state index is 0.0719. The highest BCUT2D eigenvalue weighted by Crippen LogP contribution is 2.02. The van der Waals surface area contributed by atoms with Crippen LogP contribution in [0.5, 0.6) is 0 Å². The summed E-state index contributed by atoms with van der Waals surface area (Å²) in [7, 11) is 0. The van der Waals surface area contributed by atoms with E-state index in [-0.39, 0.29) is 12.1 Å². The number of aliphatic hydroxyl groups excluding tert-OH is 3. The lowest BCUT2D eigenvalue weighted by molar-refractivity contribution is -0.00975. The van der Waals surface area contributed by atoms with Crippen molar-refractivity contribution in [2.75, 3.05) is 6.61 Å². The van der Waals surface area contributed by atoms with Crippen molar-refractivity contribution < 1.29 is 24.9 Å². The van der Waals surface area contributed by atoms with E-state index >= 15 is 0 Å². The molecule has 0 bridgehead atoms. The van der Waals surface area contributed by atoms with E-state index in [1.165, 1.54) is 0 Å². The van der Waals surface area contributed by atoms with Crippen LogP contribution in [0.4, 0.5) is 0 Å². The summed E-state index contributed by atoms with van der Waals surface area (Å²) in [6.45, 7) is -0.646. The van der Waals surface area contributed by atoms with Gasteiger partial charge in [-0.1, -0.05) is 36.4 Å².